The molecule has 1 amide bonds. The second kappa shape index (κ2) is 6.74. The standard InChI is InChI=1S/C17H12ClN5O2S/c1-25-13-7-5-10(6-8-13)15(24)19-16-22-23-14(20-21-17(23)26-16)11-3-2-4-12(18)9-11/h2-9H,1H3,(H,19,22,24). The summed E-state index contributed by atoms with van der Waals surface area (Å²) in [5, 5.41) is 16.4. The highest BCUT2D eigenvalue weighted by Gasteiger charge is 2.15. The number of nitrogens with zero attached hydrogens (tertiary/aromatic N) is 4. The van der Waals surface area contributed by atoms with Crippen LogP contribution in [0.2, 0.25) is 5.02 Å². The second-order valence-electron chi connectivity index (χ2n) is 5.32. The third-order valence-corrected chi connectivity index (χ3v) is 4.70. The summed E-state index contributed by atoms with van der Waals surface area (Å²) in [6.45, 7) is 0. The molecule has 4 aromatic rings. The van der Waals surface area contributed by atoms with Crippen molar-refractivity contribution in [1.82, 2.24) is 19.8 Å². The topological polar surface area (TPSA) is 81.4 Å². The van der Waals surface area contributed by atoms with Crippen LogP contribution >= 0.6 is 22.9 Å². The van der Waals surface area contributed by atoms with Crippen LogP contribution in [0.25, 0.3) is 16.3 Å². The van der Waals surface area contributed by atoms with Gasteiger partial charge in [-0.15, -0.1) is 15.3 Å². The second-order valence-corrected chi connectivity index (χ2v) is 6.71. The van der Waals surface area contributed by atoms with Crippen molar-refractivity contribution >= 4 is 38.9 Å². The Labute approximate surface area is 157 Å². The smallest absolute Gasteiger partial charge is 0.257 e. The molecular weight excluding hydrogens is 374 g/mol. The maximum absolute atomic E-state index is 12.4. The zero-order valence-corrected chi connectivity index (χ0v) is 15.1. The van der Waals surface area contributed by atoms with Crippen LogP contribution in [-0.4, -0.2) is 32.8 Å². The summed E-state index contributed by atoms with van der Waals surface area (Å²) in [5.41, 5.74) is 1.30. The Kier molecular flexibility index (Phi) is 4.27. The van der Waals surface area contributed by atoms with Crippen molar-refractivity contribution in [3.8, 4) is 17.1 Å². The molecule has 1 N–H and O–H groups in total. The van der Waals surface area contributed by atoms with Gasteiger partial charge in [-0.2, -0.15) is 4.52 Å². The zero-order chi connectivity index (χ0) is 18.1. The molecular formula is C17H12ClN5O2S. The summed E-state index contributed by atoms with van der Waals surface area (Å²) in [6, 6.07) is 14.1. The Morgan fingerprint density at radius 2 is 2.00 bits per heavy atom. The van der Waals surface area contributed by atoms with E-state index < -0.39 is 0 Å². The quantitative estimate of drug-likeness (QED) is 0.578. The van der Waals surface area contributed by atoms with Crippen LogP contribution in [0.4, 0.5) is 5.13 Å². The van der Waals surface area contributed by atoms with Crippen LogP contribution in [0.15, 0.2) is 48.5 Å². The van der Waals surface area contributed by atoms with E-state index in [4.69, 9.17) is 16.3 Å². The summed E-state index contributed by atoms with van der Waals surface area (Å²) in [6.07, 6.45) is 0. The molecule has 9 heteroatoms. The van der Waals surface area contributed by atoms with Crippen molar-refractivity contribution in [3.05, 3.63) is 59.1 Å². The Bertz CT molecular complexity index is 1090. The number of carbonyl (C=O) groups excluding carboxylic acids is 1. The number of rotatable bonds is 4. The number of benzene rings is 2. The van der Waals surface area contributed by atoms with Crippen molar-refractivity contribution in [1.29, 1.82) is 0 Å². The number of anilines is 1. The molecule has 0 aliphatic rings. The predicted octanol–water partition coefficient (Wildman–Crippen LogP) is 3.77. The van der Waals surface area contributed by atoms with Crippen molar-refractivity contribution in [2.75, 3.05) is 12.4 Å². The minimum atomic E-state index is -0.262. The van der Waals surface area contributed by atoms with Crippen LogP contribution in [0.5, 0.6) is 5.75 Å². The normalized spacial score (nSPS) is 10.8. The highest BCUT2D eigenvalue weighted by Crippen LogP contribution is 2.26. The van der Waals surface area contributed by atoms with Gasteiger partial charge in [-0.05, 0) is 36.4 Å². The number of hydrogen-bond donors (Lipinski definition) is 1. The molecule has 0 bridgehead atoms. The Hall–Kier alpha value is -2.97. The molecule has 0 radical (unpaired) electrons. The zero-order valence-electron chi connectivity index (χ0n) is 13.5. The summed E-state index contributed by atoms with van der Waals surface area (Å²) >= 11 is 7.27. The highest BCUT2D eigenvalue weighted by molar-refractivity contribution is 7.20. The fourth-order valence-corrected chi connectivity index (χ4v) is 3.31. The average Bonchev–Trinajstić information content (AvgIpc) is 3.21. The van der Waals surface area contributed by atoms with E-state index in [9.17, 15) is 4.79 Å². The summed E-state index contributed by atoms with van der Waals surface area (Å²) < 4.78 is 6.67. The molecule has 0 saturated carbocycles. The maximum Gasteiger partial charge on any atom is 0.257 e. The molecule has 0 spiro atoms. The van der Waals surface area contributed by atoms with Gasteiger partial charge < -0.3 is 4.74 Å². The van der Waals surface area contributed by atoms with Crippen molar-refractivity contribution < 1.29 is 9.53 Å². The predicted molar refractivity (Wildman–Crippen MR) is 100 cm³/mol. The lowest BCUT2D eigenvalue weighted by atomic mass is 10.2. The molecule has 0 atom stereocenters. The van der Waals surface area contributed by atoms with Crippen LogP contribution < -0.4 is 10.1 Å². The largest absolute Gasteiger partial charge is 0.497 e. The van der Waals surface area contributed by atoms with Crippen molar-refractivity contribution in [2.45, 2.75) is 0 Å². The van der Waals surface area contributed by atoms with Crippen LogP contribution in [-0.2, 0) is 0 Å². The van der Waals surface area contributed by atoms with E-state index in [1.54, 1.807) is 48.0 Å². The summed E-state index contributed by atoms with van der Waals surface area (Å²) in [5.74, 6) is 0.983. The third-order valence-electron chi connectivity index (χ3n) is 3.65. The number of amides is 1. The molecule has 7 nitrogen and oxygen atoms in total. The molecule has 4 rings (SSSR count). The van der Waals surface area contributed by atoms with Gasteiger partial charge in [0.05, 0.1) is 7.11 Å². The van der Waals surface area contributed by atoms with E-state index >= 15 is 0 Å². The maximum atomic E-state index is 12.4. The van der Waals surface area contributed by atoms with Gasteiger partial charge in [0.15, 0.2) is 5.82 Å². The highest BCUT2D eigenvalue weighted by atomic mass is 35.5. The molecule has 2 heterocycles. The van der Waals surface area contributed by atoms with E-state index in [1.165, 1.54) is 11.3 Å². The van der Waals surface area contributed by atoms with Crippen LogP contribution in [0.3, 0.4) is 0 Å². The number of hydrogen-bond acceptors (Lipinski definition) is 6. The Morgan fingerprint density at radius 1 is 1.19 bits per heavy atom. The van der Waals surface area contributed by atoms with Crippen LogP contribution in [0.1, 0.15) is 10.4 Å². The van der Waals surface area contributed by atoms with E-state index in [0.717, 1.165) is 5.56 Å². The first-order chi connectivity index (χ1) is 12.6. The van der Waals surface area contributed by atoms with Crippen LogP contribution in [0, 0.1) is 0 Å². The lowest BCUT2D eigenvalue weighted by molar-refractivity contribution is 0.102. The number of ether oxygens (including phenoxy) is 1. The Balaban J connectivity index is 1.60. The minimum Gasteiger partial charge on any atom is -0.497 e. The van der Waals surface area contributed by atoms with Gasteiger partial charge in [0, 0.05) is 16.1 Å². The van der Waals surface area contributed by atoms with Gasteiger partial charge in [0.2, 0.25) is 10.1 Å². The van der Waals surface area contributed by atoms with E-state index in [0.29, 0.717) is 32.3 Å². The molecule has 130 valence electrons. The van der Waals surface area contributed by atoms with Gasteiger partial charge in [0.25, 0.3) is 5.91 Å². The number of methoxy groups -OCH3 is 1. The summed E-state index contributed by atoms with van der Waals surface area (Å²) in [4.78, 5) is 12.9. The molecule has 2 aromatic carbocycles. The average molecular weight is 386 g/mol. The van der Waals surface area contributed by atoms with E-state index in [2.05, 4.69) is 20.6 Å². The van der Waals surface area contributed by atoms with Gasteiger partial charge in [-0.25, -0.2) is 0 Å². The number of fused-ring (bicyclic) bond motifs is 1. The third kappa shape index (κ3) is 3.12. The van der Waals surface area contributed by atoms with Gasteiger partial charge in [0.1, 0.15) is 5.75 Å². The monoisotopic (exact) mass is 385 g/mol. The van der Waals surface area contributed by atoms with E-state index in [-0.39, 0.29) is 5.91 Å². The first kappa shape index (κ1) is 16.5. The van der Waals surface area contributed by atoms with E-state index in [1.807, 2.05) is 12.1 Å². The fourth-order valence-electron chi connectivity index (χ4n) is 2.39. The molecule has 2 aromatic heterocycles. The number of halogens is 1. The molecule has 0 unspecified atom stereocenters. The number of aromatic nitrogens is 4. The molecule has 0 saturated heterocycles. The first-order valence-electron chi connectivity index (χ1n) is 7.57. The first-order valence-corrected chi connectivity index (χ1v) is 8.77. The molecule has 0 aliphatic heterocycles. The number of carbonyl (C=O) groups is 1. The molecule has 0 fully saturated rings. The fraction of sp³-hybridized carbons (Fsp3) is 0.0588. The number of nitrogens with one attached hydrogen (secondary N) is 1. The lowest BCUT2D eigenvalue weighted by Gasteiger charge is -2.03. The van der Waals surface area contributed by atoms with Gasteiger partial charge in [-0.1, -0.05) is 35.1 Å². The Morgan fingerprint density at radius 3 is 2.73 bits per heavy atom. The minimum absolute atomic E-state index is 0.262. The molecule has 26 heavy (non-hydrogen) atoms. The SMILES string of the molecule is COc1ccc(C(=O)Nc2nn3c(-c4cccc(Cl)c4)nnc3s2)cc1. The van der Waals surface area contributed by atoms with Gasteiger partial charge >= 0.3 is 0 Å². The molecule has 0 aliphatic carbocycles. The summed E-state index contributed by atoms with van der Waals surface area (Å²) in [7, 11) is 1.58. The van der Waals surface area contributed by atoms with Gasteiger partial charge in [-0.3, -0.25) is 10.1 Å². The van der Waals surface area contributed by atoms with Crippen molar-refractivity contribution in [2.24, 2.45) is 0 Å². The lowest BCUT2D eigenvalue weighted by Crippen LogP contribution is -2.11. The van der Waals surface area contributed by atoms with Crippen molar-refractivity contribution in [3.63, 3.8) is 0 Å².